The number of ether oxygens (including phenoxy) is 2. The average Bonchev–Trinajstić information content (AvgIpc) is 2.63. The van der Waals surface area contributed by atoms with Crippen LogP contribution in [0.3, 0.4) is 0 Å². The van der Waals surface area contributed by atoms with Gasteiger partial charge in [-0.1, -0.05) is 41.6 Å². The van der Waals surface area contributed by atoms with Crippen molar-refractivity contribution in [2.24, 2.45) is 0 Å². The van der Waals surface area contributed by atoms with Crippen molar-refractivity contribution in [1.82, 2.24) is 0 Å². The standard InChI is InChI=1S/C18H15F6IO4/c1-2-14(25)15(26)29-13-6-4-10-7-12(5-3-11(10)8-13)28-9-16(27,17(19,20)21)18(22,23)24/h3-8,14,27H,2,9H2,1H3/t14-/m1/s1. The summed E-state index contributed by atoms with van der Waals surface area (Å²) in [5.41, 5.74) is -5.00. The van der Waals surface area contributed by atoms with Gasteiger partial charge in [-0.15, -0.1) is 0 Å². The van der Waals surface area contributed by atoms with Crippen LogP contribution in [0, 0.1) is 0 Å². The third-order valence-electron chi connectivity index (χ3n) is 4.00. The van der Waals surface area contributed by atoms with Crippen LogP contribution in [0.4, 0.5) is 26.3 Å². The first-order valence-electron chi connectivity index (χ1n) is 8.16. The summed E-state index contributed by atoms with van der Waals surface area (Å²) in [6.45, 7) is -0.228. The Hall–Kier alpha value is -1.76. The number of halogens is 7. The van der Waals surface area contributed by atoms with E-state index >= 15 is 0 Å². The maximum absolute atomic E-state index is 12.7. The number of benzene rings is 2. The molecule has 0 amide bonds. The molecule has 0 spiro atoms. The molecular formula is C18H15F6IO4. The zero-order valence-corrected chi connectivity index (χ0v) is 16.9. The van der Waals surface area contributed by atoms with Crippen LogP contribution in [0.1, 0.15) is 13.3 Å². The predicted molar refractivity (Wildman–Crippen MR) is 100 cm³/mol. The highest BCUT2D eigenvalue weighted by Gasteiger charge is 2.71. The largest absolute Gasteiger partial charge is 0.490 e. The minimum absolute atomic E-state index is 0.245. The molecule has 0 saturated heterocycles. The van der Waals surface area contributed by atoms with Crippen LogP contribution in [0.5, 0.6) is 11.5 Å². The minimum Gasteiger partial charge on any atom is -0.490 e. The topological polar surface area (TPSA) is 55.8 Å². The van der Waals surface area contributed by atoms with Crippen molar-refractivity contribution in [2.75, 3.05) is 6.61 Å². The van der Waals surface area contributed by atoms with E-state index in [1.54, 1.807) is 0 Å². The fourth-order valence-electron chi connectivity index (χ4n) is 2.21. The Balaban J connectivity index is 2.20. The number of hydrogen-bond donors (Lipinski definition) is 1. The lowest BCUT2D eigenvalue weighted by atomic mass is 10.0. The van der Waals surface area contributed by atoms with Crippen LogP contribution in [-0.4, -0.2) is 39.6 Å². The molecular weight excluding hydrogens is 521 g/mol. The van der Waals surface area contributed by atoms with E-state index in [1.807, 2.05) is 29.5 Å². The van der Waals surface area contributed by atoms with E-state index in [0.717, 1.165) is 6.07 Å². The van der Waals surface area contributed by atoms with Crippen LogP contribution in [0.2, 0.25) is 0 Å². The Kier molecular flexibility index (Phi) is 6.93. The van der Waals surface area contributed by atoms with Gasteiger partial charge < -0.3 is 14.6 Å². The lowest BCUT2D eigenvalue weighted by molar-refractivity contribution is -0.373. The second-order valence-corrected chi connectivity index (χ2v) is 7.62. The van der Waals surface area contributed by atoms with Crippen molar-refractivity contribution in [1.29, 1.82) is 0 Å². The molecule has 0 fully saturated rings. The van der Waals surface area contributed by atoms with Gasteiger partial charge >= 0.3 is 18.3 Å². The van der Waals surface area contributed by atoms with Gasteiger partial charge in [0.2, 0.25) is 0 Å². The highest BCUT2D eigenvalue weighted by atomic mass is 127. The quantitative estimate of drug-likeness (QED) is 0.182. The second-order valence-electron chi connectivity index (χ2n) is 6.11. The lowest BCUT2D eigenvalue weighted by Crippen LogP contribution is -2.60. The molecule has 29 heavy (non-hydrogen) atoms. The van der Waals surface area contributed by atoms with Gasteiger partial charge in [0.15, 0.2) is 0 Å². The highest BCUT2D eigenvalue weighted by molar-refractivity contribution is 14.1. The second kappa shape index (κ2) is 8.54. The van der Waals surface area contributed by atoms with Crippen LogP contribution in [0.15, 0.2) is 36.4 Å². The SMILES string of the molecule is CC[C@@H](I)C(=O)Oc1ccc2cc(OCC(O)(C(F)(F)F)C(F)(F)F)ccc2c1. The molecule has 160 valence electrons. The molecule has 0 saturated carbocycles. The van der Waals surface area contributed by atoms with E-state index in [2.05, 4.69) is 4.74 Å². The Morgan fingerprint density at radius 1 is 1.00 bits per heavy atom. The van der Waals surface area contributed by atoms with Gasteiger partial charge in [0.05, 0.1) is 0 Å². The minimum atomic E-state index is -5.96. The molecule has 0 radical (unpaired) electrons. The first-order chi connectivity index (χ1) is 13.3. The Bertz CT molecular complexity index is 867. The number of carbonyl (C=O) groups excluding carboxylic acids is 1. The van der Waals surface area contributed by atoms with Crippen molar-refractivity contribution in [3.05, 3.63) is 36.4 Å². The molecule has 0 aromatic heterocycles. The fraction of sp³-hybridized carbons (Fsp3) is 0.389. The summed E-state index contributed by atoms with van der Waals surface area (Å²) in [6, 6.07) is 8.14. The summed E-state index contributed by atoms with van der Waals surface area (Å²) in [6.07, 6.45) is -11.3. The van der Waals surface area contributed by atoms with Crippen LogP contribution >= 0.6 is 22.6 Å². The van der Waals surface area contributed by atoms with Gasteiger partial charge in [-0.05, 0) is 41.5 Å². The van der Waals surface area contributed by atoms with E-state index in [-0.39, 0.29) is 15.4 Å². The molecule has 0 heterocycles. The van der Waals surface area contributed by atoms with Crippen LogP contribution in [-0.2, 0) is 4.79 Å². The molecule has 4 nitrogen and oxygen atoms in total. The number of alkyl halides is 7. The first-order valence-corrected chi connectivity index (χ1v) is 9.41. The van der Waals surface area contributed by atoms with E-state index in [4.69, 9.17) is 9.84 Å². The maximum atomic E-state index is 12.7. The van der Waals surface area contributed by atoms with E-state index < -0.39 is 30.5 Å². The van der Waals surface area contributed by atoms with Crippen LogP contribution < -0.4 is 9.47 Å². The predicted octanol–water partition coefficient (Wildman–Crippen LogP) is 5.19. The third kappa shape index (κ3) is 5.24. The van der Waals surface area contributed by atoms with Gasteiger partial charge in [-0.2, -0.15) is 26.3 Å². The molecule has 0 unspecified atom stereocenters. The molecule has 1 atom stereocenters. The molecule has 2 rings (SSSR count). The van der Waals surface area contributed by atoms with Crippen molar-refractivity contribution in [2.45, 2.75) is 35.2 Å². The summed E-state index contributed by atoms with van der Waals surface area (Å²) >= 11 is 1.94. The Morgan fingerprint density at radius 3 is 1.97 bits per heavy atom. The molecule has 0 aliphatic heterocycles. The van der Waals surface area contributed by atoms with Gasteiger partial charge in [0, 0.05) is 0 Å². The Labute approximate surface area is 174 Å². The molecule has 2 aromatic carbocycles. The van der Waals surface area contributed by atoms with Gasteiger partial charge in [0.1, 0.15) is 22.0 Å². The normalized spacial score (nSPS) is 14.0. The zero-order chi connectivity index (χ0) is 22.0. The zero-order valence-electron chi connectivity index (χ0n) is 14.8. The van der Waals surface area contributed by atoms with E-state index in [1.165, 1.54) is 30.3 Å². The molecule has 11 heteroatoms. The summed E-state index contributed by atoms with van der Waals surface area (Å²) in [4.78, 5) is 11.8. The fourth-order valence-corrected chi connectivity index (χ4v) is 2.34. The van der Waals surface area contributed by atoms with Gasteiger partial charge in [-0.3, -0.25) is 4.79 Å². The summed E-state index contributed by atoms with van der Waals surface area (Å²) in [7, 11) is 0. The molecule has 2 aromatic rings. The summed E-state index contributed by atoms with van der Waals surface area (Å²) < 4.78 is 85.6. The maximum Gasteiger partial charge on any atom is 0.429 e. The Morgan fingerprint density at radius 2 is 1.48 bits per heavy atom. The number of aliphatic hydroxyl groups is 1. The third-order valence-corrected chi connectivity index (χ3v) is 5.39. The van der Waals surface area contributed by atoms with Gasteiger partial charge in [0.25, 0.3) is 5.60 Å². The number of rotatable bonds is 6. The summed E-state index contributed by atoms with van der Waals surface area (Å²) in [5, 5.41) is 10.1. The van der Waals surface area contributed by atoms with Crippen molar-refractivity contribution < 1.29 is 45.7 Å². The molecule has 0 aliphatic carbocycles. The molecule has 0 aliphatic rings. The van der Waals surface area contributed by atoms with E-state index in [0.29, 0.717) is 17.2 Å². The first kappa shape index (κ1) is 23.5. The summed E-state index contributed by atoms with van der Waals surface area (Å²) in [5.74, 6) is -0.492. The number of esters is 1. The monoisotopic (exact) mass is 536 g/mol. The van der Waals surface area contributed by atoms with Crippen molar-refractivity contribution >= 4 is 39.3 Å². The highest BCUT2D eigenvalue weighted by Crippen LogP contribution is 2.43. The molecule has 0 bridgehead atoms. The molecule has 1 N–H and O–H groups in total. The van der Waals surface area contributed by atoms with Crippen molar-refractivity contribution in [3.8, 4) is 11.5 Å². The average molecular weight is 536 g/mol. The lowest BCUT2D eigenvalue weighted by Gasteiger charge is -2.31. The number of fused-ring (bicyclic) bond motifs is 1. The number of carbonyl (C=O) groups is 1. The van der Waals surface area contributed by atoms with Gasteiger partial charge in [-0.25, -0.2) is 0 Å². The van der Waals surface area contributed by atoms with Crippen LogP contribution in [0.25, 0.3) is 10.8 Å². The smallest absolute Gasteiger partial charge is 0.429 e. The number of hydrogen-bond acceptors (Lipinski definition) is 4. The van der Waals surface area contributed by atoms with Crippen molar-refractivity contribution in [3.63, 3.8) is 0 Å². The van der Waals surface area contributed by atoms with E-state index in [9.17, 15) is 31.1 Å².